The molecule has 4 nitrogen and oxygen atoms in total. The highest BCUT2D eigenvalue weighted by Crippen LogP contribution is 2.06. The Hall–Kier alpha value is -0.610. The van der Waals surface area contributed by atoms with Crippen LogP contribution in [0.4, 0.5) is 0 Å². The van der Waals surface area contributed by atoms with Crippen LogP contribution in [0, 0.1) is 5.92 Å². The molecule has 90 valence electrons. The van der Waals surface area contributed by atoms with Crippen LogP contribution in [-0.2, 0) is 9.53 Å². The van der Waals surface area contributed by atoms with E-state index in [0.29, 0.717) is 0 Å². The number of carbonyl (C=O) groups is 1. The number of ether oxygens (including phenoxy) is 1. The largest absolute Gasteiger partial charge is 0.459 e. The fraction of sp³-hybridized carbons (Fsp3) is 0.909. The highest BCUT2D eigenvalue weighted by Gasteiger charge is 2.17. The fourth-order valence-electron chi connectivity index (χ4n) is 0.981. The highest BCUT2D eigenvalue weighted by atomic mass is 16.6. The third-order valence-electron chi connectivity index (χ3n) is 2.13. The number of aliphatic hydroxyl groups excluding tert-OH is 1. The Morgan fingerprint density at radius 3 is 2.33 bits per heavy atom. The maximum Gasteiger partial charge on any atom is 0.320 e. The monoisotopic (exact) mass is 217 g/mol. The summed E-state index contributed by atoms with van der Waals surface area (Å²) >= 11 is 0. The van der Waals surface area contributed by atoms with Crippen LogP contribution in [0.2, 0.25) is 0 Å². The number of aliphatic hydroxyl groups is 1. The van der Waals surface area contributed by atoms with Gasteiger partial charge in [-0.1, -0.05) is 6.92 Å². The molecular formula is C11H23NO3. The number of carbonyl (C=O) groups excluding carboxylic acids is 1. The van der Waals surface area contributed by atoms with Gasteiger partial charge in [0.25, 0.3) is 0 Å². The summed E-state index contributed by atoms with van der Waals surface area (Å²) in [5.41, 5.74) is -0.440. The summed E-state index contributed by atoms with van der Waals surface area (Å²) in [6.45, 7) is 9.67. The summed E-state index contributed by atoms with van der Waals surface area (Å²) < 4.78 is 5.14. The van der Waals surface area contributed by atoms with Gasteiger partial charge in [0.2, 0.25) is 0 Å². The standard InChI is InChI=1S/C11H23NO3/c1-8(7-13)9(2)12-6-10(14)15-11(3,4)5/h8-9,12-13H,6-7H2,1-5H3. The normalized spacial score (nSPS) is 15.9. The van der Waals surface area contributed by atoms with Crippen LogP contribution in [0.3, 0.4) is 0 Å². The molecule has 2 atom stereocenters. The molecular weight excluding hydrogens is 194 g/mol. The molecule has 0 fully saturated rings. The van der Waals surface area contributed by atoms with E-state index in [1.54, 1.807) is 0 Å². The van der Waals surface area contributed by atoms with Crippen molar-refractivity contribution in [2.45, 2.75) is 46.3 Å². The van der Waals surface area contributed by atoms with Crippen molar-refractivity contribution in [3.05, 3.63) is 0 Å². The molecule has 0 heterocycles. The van der Waals surface area contributed by atoms with Crippen molar-refractivity contribution in [1.29, 1.82) is 0 Å². The topological polar surface area (TPSA) is 58.6 Å². The number of hydrogen-bond acceptors (Lipinski definition) is 4. The van der Waals surface area contributed by atoms with E-state index in [9.17, 15) is 4.79 Å². The zero-order valence-electron chi connectivity index (χ0n) is 10.3. The first-order valence-corrected chi connectivity index (χ1v) is 5.32. The van der Waals surface area contributed by atoms with Crippen LogP contribution in [0.15, 0.2) is 0 Å². The molecule has 0 saturated carbocycles. The number of hydrogen-bond donors (Lipinski definition) is 2. The lowest BCUT2D eigenvalue weighted by atomic mass is 10.1. The third kappa shape index (κ3) is 7.33. The summed E-state index contributed by atoms with van der Waals surface area (Å²) in [4.78, 5) is 11.3. The molecule has 0 aromatic heterocycles. The first-order valence-electron chi connectivity index (χ1n) is 5.32. The smallest absolute Gasteiger partial charge is 0.320 e. The minimum absolute atomic E-state index is 0.0996. The maximum atomic E-state index is 11.3. The van der Waals surface area contributed by atoms with Gasteiger partial charge in [-0.3, -0.25) is 4.79 Å². The zero-order chi connectivity index (χ0) is 12.1. The highest BCUT2D eigenvalue weighted by molar-refractivity contribution is 5.72. The van der Waals surface area contributed by atoms with E-state index in [2.05, 4.69) is 5.32 Å². The molecule has 15 heavy (non-hydrogen) atoms. The number of rotatable bonds is 5. The molecule has 0 aliphatic heterocycles. The van der Waals surface area contributed by atoms with E-state index in [-0.39, 0.29) is 31.1 Å². The van der Waals surface area contributed by atoms with Crippen LogP contribution in [0.25, 0.3) is 0 Å². The molecule has 2 unspecified atom stereocenters. The summed E-state index contributed by atoms with van der Waals surface area (Å²) in [7, 11) is 0. The van der Waals surface area contributed by atoms with Gasteiger partial charge in [0.05, 0.1) is 6.54 Å². The van der Waals surface area contributed by atoms with Crippen LogP contribution >= 0.6 is 0 Å². The summed E-state index contributed by atoms with van der Waals surface area (Å²) in [6, 6.07) is 0.0996. The van der Waals surface area contributed by atoms with Crippen LogP contribution in [0.5, 0.6) is 0 Å². The molecule has 0 radical (unpaired) electrons. The van der Waals surface area contributed by atoms with Gasteiger partial charge in [-0.2, -0.15) is 0 Å². The Balaban J connectivity index is 3.81. The minimum Gasteiger partial charge on any atom is -0.459 e. The number of nitrogens with one attached hydrogen (secondary N) is 1. The molecule has 0 rings (SSSR count). The predicted molar refractivity (Wildman–Crippen MR) is 59.6 cm³/mol. The lowest BCUT2D eigenvalue weighted by molar-refractivity contribution is -0.153. The zero-order valence-corrected chi connectivity index (χ0v) is 10.3. The first kappa shape index (κ1) is 14.4. The first-order chi connectivity index (χ1) is 6.76. The maximum absolute atomic E-state index is 11.3. The van der Waals surface area contributed by atoms with Gasteiger partial charge in [-0.15, -0.1) is 0 Å². The molecule has 2 N–H and O–H groups in total. The average molecular weight is 217 g/mol. The third-order valence-corrected chi connectivity index (χ3v) is 2.13. The fourth-order valence-corrected chi connectivity index (χ4v) is 0.981. The molecule has 0 spiro atoms. The van der Waals surface area contributed by atoms with E-state index in [0.717, 1.165) is 0 Å². The van der Waals surface area contributed by atoms with Crippen molar-refractivity contribution in [2.75, 3.05) is 13.2 Å². The SMILES string of the molecule is CC(CO)C(C)NCC(=O)OC(C)(C)C. The summed E-state index contributed by atoms with van der Waals surface area (Å²) in [6.07, 6.45) is 0. The van der Waals surface area contributed by atoms with Gasteiger partial charge < -0.3 is 15.2 Å². The Morgan fingerprint density at radius 2 is 1.93 bits per heavy atom. The minimum atomic E-state index is -0.440. The Labute approximate surface area is 92.0 Å². The van der Waals surface area contributed by atoms with Crippen LogP contribution < -0.4 is 5.32 Å². The van der Waals surface area contributed by atoms with Crippen molar-refractivity contribution >= 4 is 5.97 Å². The van der Waals surface area contributed by atoms with Gasteiger partial charge in [-0.25, -0.2) is 0 Å². The second-order valence-corrected chi connectivity index (χ2v) is 4.92. The van der Waals surface area contributed by atoms with Gasteiger partial charge >= 0.3 is 5.97 Å². The van der Waals surface area contributed by atoms with E-state index < -0.39 is 5.60 Å². The lowest BCUT2D eigenvalue weighted by Crippen LogP contribution is -2.39. The Kier molecular flexibility index (Phi) is 5.83. The molecule has 0 aromatic carbocycles. The van der Waals surface area contributed by atoms with Crippen molar-refractivity contribution in [3.8, 4) is 0 Å². The van der Waals surface area contributed by atoms with Gasteiger partial charge in [-0.05, 0) is 33.6 Å². The predicted octanol–water partition coefficient (Wildman–Crippen LogP) is 0.935. The molecule has 0 aliphatic rings. The van der Waals surface area contributed by atoms with Crippen molar-refractivity contribution in [2.24, 2.45) is 5.92 Å². The molecule has 0 saturated heterocycles. The molecule has 4 heteroatoms. The van der Waals surface area contributed by atoms with Gasteiger partial charge in [0.15, 0.2) is 0 Å². The second-order valence-electron chi connectivity index (χ2n) is 4.92. The Bertz CT molecular complexity index is 198. The van der Waals surface area contributed by atoms with E-state index >= 15 is 0 Å². The van der Waals surface area contributed by atoms with Crippen molar-refractivity contribution in [3.63, 3.8) is 0 Å². The average Bonchev–Trinajstić information content (AvgIpc) is 2.10. The van der Waals surface area contributed by atoms with Crippen LogP contribution in [-0.4, -0.2) is 35.9 Å². The molecule has 0 bridgehead atoms. The summed E-state index contributed by atoms with van der Waals surface area (Å²) in [5.74, 6) is -0.132. The molecule has 0 aliphatic carbocycles. The lowest BCUT2D eigenvalue weighted by Gasteiger charge is -2.22. The molecule has 0 amide bonds. The second kappa shape index (κ2) is 6.08. The number of esters is 1. The quantitative estimate of drug-likeness (QED) is 0.673. The van der Waals surface area contributed by atoms with Gasteiger partial charge in [0.1, 0.15) is 5.60 Å². The Morgan fingerprint density at radius 1 is 1.40 bits per heavy atom. The van der Waals surface area contributed by atoms with Crippen LogP contribution in [0.1, 0.15) is 34.6 Å². The van der Waals surface area contributed by atoms with Gasteiger partial charge in [0, 0.05) is 12.6 Å². The van der Waals surface area contributed by atoms with E-state index in [1.807, 2.05) is 34.6 Å². The summed E-state index contributed by atoms with van der Waals surface area (Å²) in [5, 5.41) is 11.9. The van der Waals surface area contributed by atoms with Crippen molar-refractivity contribution < 1.29 is 14.6 Å². The molecule has 0 aromatic rings. The van der Waals surface area contributed by atoms with E-state index in [1.165, 1.54) is 0 Å². The van der Waals surface area contributed by atoms with Crippen molar-refractivity contribution in [1.82, 2.24) is 5.32 Å². The van der Waals surface area contributed by atoms with E-state index in [4.69, 9.17) is 9.84 Å².